The maximum atomic E-state index is 5.77. The fourth-order valence-corrected chi connectivity index (χ4v) is 2.66. The molecule has 0 amide bonds. The fraction of sp³-hybridized carbons (Fsp3) is 1.00. The second kappa shape index (κ2) is 8.07. The minimum Gasteiger partial charge on any atom is -0.478 e. The van der Waals surface area contributed by atoms with Crippen LogP contribution in [-0.4, -0.2) is 27.4 Å². The zero-order valence-corrected chi connectivity index (χ0v) is 9.95. The summed E-state index contributed by atoms with van der Waals surface area (Å²) in [6.07, 6.45) is 1.08. The summed E-state index contributed by atoms with van der Waals surface area (Å²) in [4.78, 5) is 0. The van der Waals surface area contributed by atoms with Crippen LogP contribution in [0.5, 0.6) is 0 Å². The van der Waals surface area contributed by atoms with Crippen LogP contribution in [0, 0.1) is 0 Å². The average Bonchev–Trinajstić information content (AvgIpc) is 2.10. The monoisotopic (exact) mass is 188 g/mol. The van der Waals surface area contributed by atoms with Gasteiger partial charge in [-0.25, -0.2) is 0 Å². The summed E-state index contributed by atoms with van der Waals surface area (Å²) < 4.78 is 11.2. The molecule has 72 valence electrons. The summed E-state index contributed by atoms with van der Waals surface area (Å²) in [5.41, 5.74) is 0. The lowest BCUT2D eigenvalue weighted by Crippen LogP contribution is -2.24. The highest BCUT2D eigenvalue weighted by molar-refractivity contribution is 6.51. The molecule has 0 aromatic carbocycles. The highest BCUT2D eigenvalue weighted by Crippen LogP contribution is 2.05. The topological polar surface area (TPSA) is 18.5 Å². The van der Waals surface area contributed by atoms with Crippen molar-refractivity contribution in [3.8, 4) is 0 Å². The van der Waals surface area contributed by atoms with Crippen molar-refractivity contribution in [3.05, 3.63) is 0 Å². The Morgan fingerprint density at radius 3 is 2.17 bits per heavy atom. The molecule has 0 aliphatic heterocycles. The zero-order chi connectivity index (χ0) is 9.40. The molecule has 0 saturated carbocycles. The Hall–Kier alpha value is 0.452. The SMILES string of the molecule is CCCOC(C)[O][Al]([CH2]C)[CH2]C. The van der Waals surface area contributed by atoms with Crippen LogP contribution in [0.3, 0.4) is 0 Å². The molecule has 1 unspecified atom stereocenters. The Bertz CT molecular complexity index is 94.5. The van der Waals surface area contributed by atoms with Gasteiger partial charge >= 0.3 is 14.5 Å². The van der Waals surface area contributed by atoms with Crippen molar-refractivity contribution in [3.63, 3.8) is 0 Å². The highest BCUT2D eigenvalue weighted by Gasteiger charge is 2.17. The predicted molar refractivity (Wildman–Crippen MR) is 53.5 cm³/mol. The van der Waals surface area contributed by atoms with Crippen molar-refractivity contribution in [1.82, 2.24) is 0 Å². The standard InChI is InChI=1S/C5H11O2.2C2H5.Al/c1-3-4-7-5(2)6;2*1-2;/h5H,3-4H2,1-2H3;2*1H2,2H3;/q-1;;;+1. The van der Waals surface area contributed by atoms with Gasteiger partial charge in [0.2, 0.25) is 0 Å². The van der Waals surface area contributed by atoms with E-state index in [1.165, 1.54) is 10.6 Å². The molecular weight excluding hydrogens is 167 g/mol. The number of ether oxygens (including phenoxy) is 1. The zero-order valence-electron chi connectivity index (χ0n) is 8.80. The summed E-state index contributed by atoms with van der Waals surface area (Å²) in [5, 5.41) is 2.41. The largest absolute Gasteiger partial charge is 0.478 e. The quantitative estimate of drug-likeness (QED) is 0.452. The van der Waals surface area contributed by atoms with E-state index in [2.05, 4.69) is 20.8 Å². The number of hydrogen-bond acceptors (Lipinski definition) is 2. The van der Waals surface area contributed by atoms with E-state index in [9.17, 15) is 0 Å². The Kier molecular flexibility index (Phi) is 8.37. The molecule has 0 aromatic heterocycles. The summed E-state index contributed by atoms with van der Waals surface area (Å²) in [6, 6.07) is 0. The van der Waals surface area contributed by atoms with Gasteiger partial charge in [0.05, 0.1) is 0 Å². The van der Waals surface area contributed by atoms with E-state index in [-0.39, 0.29) is 6.29 Å². The van der Waals surface area contributed by atoms with Crippen molar-refractivity contribution in [1.29, 1.82) is 0 Å². The fourth-order valence-electron chi connectivity index (χ4n) is 1.08. The van der Waals surface area contributed by atoms with Crippen LogP contribution in [0.1, 0.15) is 34.1 Å². The summed E-state index contributed by atoms with van der Waals surface area (Å²) in [6.45, 7) is 9.33. The molecule has 0 fully saturated rings. The molecule has 0 aliphatic carbocycles. The molecule has 0 aromatic rings. The van der Waals surface area contributed by atoms with Crippen LogP contribution >= 0.6 is 0 Å². The van der Waals surface area contributed by atoms with Gasteiger partial charge in [0, 0.05) is 6.61 Å². The Morgan fingerprint density at radius 2 is 1.75 bits per heavy atom. The lowest BCUT2D eigenvalue weighted by atomic mass is 10.5. The number of hydrogen-bond donors (Lipinski definition) is 0. The van der Waals surface area contributed by atoms with Gasteiger partial charge < -0.3 is 8.53 Å². The maximum absolute atomic E-state index is 5.77. The molecule has 0 N–H and O–H groups in total. The van der Waals surface area contributed by atoms with Crippen LogP contribution in [0.25, 0.3) is 0 Å². The summed E-state index contributed by atoms with van der Waals surface area (Å²) in [7, 11) is 0. The van der Waals surface area contributed by atoms with Gasteiger partial charge in [-0.3, -0.25) is 0 Å². The molecule has 0 saturated heterocycles. The maximum Gasteiger partial charge on any atom is 0.462 e. The second-order valence-electron chi connectivity index (χ2n) is 3.01. The molecule has 3 heteroatoms. The third-order valence-corrected chi connectivity index (χ3v) is 4.44. The molecule has 0 bridgehead atoms. The Balaban J connectivity index is 3.44. The molecule has 0 heterocycles. The van der Waals surface area contributed by atoms with Gasteiger partial charge in [-0.15, -0.1) is 0 Å². The van der Waals surface area contributed by atoms with E-state index in [0.29, 0.717) is 0 Å². The van der Waals surface area contributed by atoms with E-state index >= 15 is 0 Å². The van der Waals surface area contributed by atoms with Crippen molar-refractivity contribution >= 4 is 14.5 Å². The highest BCUT2D eigenvalue weighted by atomic mass is 27.2. The minimum absolute atomic E-state index is 0.0153. The summed E-state index contributed by atoms with van der Waals surface area (Å²) in [5.74, 6) is 0. The lowest BCUT2D eigenvalue weighted by Gasteiger charge is -2.17. The molecule has 0 aliphatic rings. The van der Waals surface area contributed by atoms with Gasteiger partial charge in [0.1, 0.15) is 6.29 Å². The molecular formula is C9H21AlO2. The first-order chi connectivity index (χ1) is 5.74. The average molecular weight is 188 g/mol. The smallest absolute Gasteiger partial charge is 0.462 e. The molecule has 2 nitrogen and oxygen atoms in total. The second-order valence-corrected chi connectivity index (χ2v) is 6.16. The predicted octanol–water partition coefficient (Wildman–Crippen LogP) is 2.81. The molecule has 12 heavy (non-hydrogen) atoms. The van der Waals surface area contributed by atoms with E-state index in [1.54, 1.807) is 0 Å². The van der Waals surface area contributed by atoms with E-state index in [4.69, 9.17) is 8.53 Å². The molecule has 0 rings (SSSR count). The van der Waals surface area contributed by atoms with E-state index < -0.39 is 14.5 Å². The first-order valence-corrected chi connectivity index (χ1v) is 7.12. The van der Waals surface area contributed by atoms with Crippen molar-refractivity contribution in [2.45, 2.75) is 51.0 Å². The van der Waals surface area contributed by atoms with Crippen LogP contribution < -0.4 is 0 Å². The lowest BCUT2D eigenvalue weighted by molar-refractivity contribution is -0.0692. The molecule has 1 atom stereocenters. The van der Waals surface area contributed by atoms with Gasteiger partial charge in [-0.1, -0.05) is 31.3 Å². The first-order valence-electron chi connectivity index (χ1n) is 5.01. The normalized spacial score (nSPS) is 13.0. The Morgan fingerprint density at radius 1 is 1.17 bits per heavy atom. The minimum atomic E-state index is -0.918. The van der Waals surface area contributed by atoms with Gasteiger partial charge in [0.25, 0.3) is 0 Å². The van der Waals surface area contributed by atoms with Crippen LogP contribution in [0.15, 0.2) is 0 Å². The summed E-state index contributed by atoms with van der Waals surface area (Å²) >= 11 is -0.918. The van der Waals surface area contributed by atoms with Gasteiger partial charge in [-0.05, 0) is 13.3 Å². The van der Waals surface area contributed by atoms with Crippen LogP contribution in [0.2, 0.25) is 10.6 Å². The van der Waals surface area contributed by atoms with Crippen molar-refractivity contribution in [2.75, 3.05) is 6.61 Å². The van der Waals surface area contributed by atoms with Crippen LogP contribution in [0.4, 0.5) is 0 Å². The van der Waals surface area contributed by atoms with Crippen molar-refractivity contribution in [2.24, 2.45) is 0 Å². The molecule has 0 radical (unpaired) electrons. The number of rotatable bonds is 7. The van der Waals surface area contributed by atoms with Crippen molar-refractivity contribution < 1.29 is 8.53 Å². The first kappa shape index (κ1) is 12.5. The van der Waals surface area contributed by atoms with E-state index in [1.807, 2.05) is 6.92 Å². The van der Waals surface area contributed by atoms with Gasteiger partial charge in [0.15, 0.2) is 0 Å². The van der Waals surface area contributed by atoms with E-state index in [0.717, 1.165) is 13.0 Å². The third kappa shape index (κ3) is 6.02. The van der Waals surface area contributed by atoms with Crippen LogP contribution in [-0.2, 0) is 8.53 Å². The third-order valence-electron chi connectivity index (χ3n) is 1.85. The van der Waals surface area contributed by atoms with Gasteiger partial charge in [-0.2, -0.15) is 0 Å². The molecule has 0 spiro atoms. The Labute approximate surface area is 81.0 Å².